The lowest BCUT2D eigenvalue weighted by Gasteiger charge is -2.35. The average Bonchev–Trinajstić information content (AvgIpc) is 4.02. The van der Waals surface area contributed by atoms with Gasteiger partial charge in [0.25, 0.3) is 0 Å². The molecule has 0 atom stereocenters. The molecule has 0 fully saturated rings. The number of nitrogens with one attached hydrogen (secondary N) is 2. The third-order valence-corrected chi connectivity index (χ3v) is 16.2. The summed E-state index contributed by atoms with van der Waals surface area (Å²) in [5, 5.41) is 13.2. The Morgan fingerprint density at radius 2 is 0.889 bits per heavy atom. The Morgan fingerprint density at radius 1 is 0.492 bits per heavy atom. The van der Waals surface area contributed by atoms with Crippen LogP contribution in [0, 0.1) is 0 Å². The van der Waals surface area contributed by atoms with Crippen molar-refractivity contribution in [3.63, 3.8) is 0 Å². The average molecular weight is 855 g/mol. The summed E-state index contributed by atoms with van der Waals surface area (Å²) in [5.41, 5.74) is 10.3. The van der Waals surface area contributed by atoms with Crippen LogP contribution in [0.3, 0.4) is 0 Å². The van der Waals surface area contributed by atoms with Crippen molar-refractivity contribution in [3.05, 3.63) is 141 Å². The van der Waals surface area contributed by atoms with Crippen molar-refractivity contribution in [2.45, 2.75) is 25.7 Å². The minimum absolute atomic E-state index is 0.517. The summed E-state index contributed by atoms with van der Waals surface area (Å²) in [6, 6.07) is 34.9. The van der Waals surface area contributed by atoms with Gasteiger partial charge in [-0.25, -0.2) is 9.98 Å². The number of fused-ring (bicyclic) bond motifs is 14. The fraction of sp³-hybridized carbons (Fsp3) is 0.308. The first-order chi connectivity index (χ1) is 31.0. The molecule has 10 rings (SSSR count). The number of hydrogen-bond acceptors (Lipinski definition) is 8. The van der Waals surface area contributed by atoms with Crippen LogP contribution in [0.4, 0.5) is 0 Å². The van der Waals surface area contributed by atoms with Crippen LogP contribution in [0.15, 0.2) is 107 Å². The van der Waals surface area contributed by atoms with E-state index in [0.29, 0.717) is 13.2 Å². The van der Waals surface area contributed by atoms with E-state index in [1.807, 2.05) is 14.1 Å². The van der Waals surface area contributed by atoms with Gasteiger partial charge in [-0.3, -0.25) is 0 Å². The summed E-state index contributed by atoms with van der Waals surface area (Å²) >= 11 is 0. The third kappa shape index (κ3) is 7.61. The van der Waals surface area contributed by atoms with Gasteiger partial charge in [-0.15, -0.1) is 0 Å². The molecule has 11 heteroatoms. The van der Waals surface area contributed by atoms with Gasteiger partial charge in [0.05, 0.1) is 22.8 Å². The molecule has 4 aliphatic heterocycles. The first-order valence-electron chi connectivity index (χ1n) is 22.7. The second-order valence-electron chi connectivity index (χ2n) is 17.2. The van der Waals surface area contributed by atoms with Crippen LogP contribution in [0.5, 0.6) is 0 Å². The number of aromatic nitrogens is 2. The van der Waals surface area contributed by atoms with Gasteiger partial charge in [-0.1, -0.05) is 97.1 Å². The second-order valence-corrected chi connectivity index (χ2v) is 19.8. The van der Waals surface area contributed by atoms with Crippen molar-refractivity contribution in [3.8, 4) is 0 Å². The molecule has 6 aromatic rings. The molecule has 322 valence electrons. The molecule has 6 heterocycles. The molecular formula is C52H58N8O2Si. The Hall–Kier alpha value is -5.50. The minimum Gasteiger partial charge on any atom is -0.361 e. The minimum atomic E-state index is -3.90. The van der Waals surface area contributed by atoms with E-state index in [-0.39, 0.29) is 0 Å². The van der Waals surface area contributed by atoms with E-state index in [1.165, 1.54) is 0 Å². The maximum Gasteiger partial charge on any atom is 0.598 e. The molecule has 4 aromatic carbocycles. The number of nitrogens with zero attached hydrogens (tertiary/aromatic N) is 6. The topological polar surface area (TPSA) is 83.6 Å². The molecular weight excluding hydrogens is 797 g/mol. The zero-order valence-corrected chi connectivity index (χ0v) is 38.0. The summed E-state index contributed by atoms with van der Waals surface area (Å²) in [6.07, 6.45) is 13.1. The highest BCUT2D eigenvalue weighted by Crippen LogP contribution is 2.40. The number of benzene rings is 4. The van der Waals surface area contributed by atoms with E-state index >= 15 is 0 Å². The monoisotopic (exact) mass is 854 g/mol. The Kier molecular flexibility index (Phi) is 11.8. The van der Waals surface area contributed by atoms with Crippen molar-refractivity contribution < 1.29 is 8.85 Å². The summed E-state index contributed by atoms with van der Waals surface area (Å²) in [6.45, 7) is 6.90. The van der Waals surface area contributed by atoms with Crippen LogP contribution in [-0.4, -0.2) is 119 Å². The number of rotatable bonds is 18. The fourth-order valence-corrected chi connectivity index (χ4v) is 13.4. The molecule has 0 radical (unpaired) electrons. The largest absolute Gasteiger partial charge is 0.598 e. The van der Waals surface area contributed by atoms with Gasteiger partial charge in [0.2, 0.25) is 0 Å². The molecule has 0 saturated carbocycles. The highest BCUT2D eigenvalue weighted by atomic mass is 28.4. The van der Waals surface area contributed by atoms with Gasteiger partial charge in [-0.05, 0) is 117 Å². The standard InChI is InChI=1S/C52H58N8O2Si/c1-53-25-13-27-57(3)29-15-31-61-63(62-32-16-30-58(4)28-14-26-54-2)59-49-33-45-37-17-5-6-18-38(37)46(55-45)34-50-43-23-11-12-24-44(43)52(60(50)63)36-48-40-20-8-7-19-39(40)47(56-48)35-51(59)42-22-10-9-21-41(42)49/h5-12,17-24,33-36,53-54H,13-16,25-32H2,1-4H3. The first kappa shape index (κ1) is 41.5. The highest BCUT2D eigenvalue weighted by molar-refractivity contribution is 6.65. The van der Waals surface area contributed by atoms with Crippen molar-refractivity contribution in [2.75, 3.05) is 80.7 Å². The van der Waals surface area contributed by atoms with Gasteiger partial charge < -0.3 is 37.8 Å². The molecule has 63 heavy (non-hydrogen) atoms. The summed E-state index contributed by atoms with van der Waals surface area (Å²) in [5.74, 6) is 0. The molecule has 2 aromatic heterocycles. The van der Waals surface area contributed by atoms with Gasteiger partial charge in [0.15, 0.2) is 0 Å². The highest BCUT2D eigenvalue weighted by Gasteiger charge is 2.51. The van der Waals surface area contributed by atoms with Crippen LogP contribution in [0.2, 0.25) is 0 Å². The summed E-state index contributed by atoms with van der Waals surface area (Å²) < 4.78 is 20.7. The molecule has 2 N–H and O–H groups in total. The van der Waals surface area contributed by atoms with Gasteiger partial charge in [-0.2, -0.15) is 0 Å². The zero-order valence-electron chi connectivity index (χ0n) is 37.0. The van der Waals surface area contributed by atoms with Gasteiger partial charge >= 0.3 is 8.88 Å². The van der Waals surface area contributed by atoms with E-state index in [4.69, 9.17) is 18.8 Å². The Morgan fingerprint density at radius 3 is 1.33 bits per heavy atom. The summed E-state index contributed by atoms with van der Waals surface area (Å²) in [4.78, 5) is 15.8. The third-order valence-electron chi connectivity index (χ3n) is 12.9. The Bertz CT molecular complexity index is 2770. The summed E-state index contributed by atoms with van der Waals surface area (Å²) in [7, 11) is 4.58. The second kappa shape index (κ2) is 17.9. The molecule has 0 aliphatic carbocycles. The lowest BCUT2D eigenvalue weighted by atomic mass is 10.0. The molecule has 4 aliphatic rings. The van der Waals surface area contributed by atoms with Crippen molar-refractivity contribution in [1.29, 1.82) is 0 Å². The fourth-order valence-electron chi connectivity index (χ4n) is 9.85. The van der Waals surface area contributed by atoms with E-state index in [2.05, 4.69) is 164 Å². The molecule has 0 saturated heterocycles. The Balaban J connectivity index is 1.28. The lowest BCUT2D eigenvalue weighted by Crippen LogP contribution is -2.65. The van der Waals surface area contributed by atoms with E-state index in [0.717, 1.165) is 154 Å². The molecule has 6 bridgehead atoms. The predicted octanol–water partition coefficient (Wildman–Crippen LogP) is 6.51. The quantitative estimate of drug-likeness (QED) is 0.0759. The SMILES string of the molecule is CNCCCN(C)CCCO[Si]1(OCCCN(C)CCCNC)n2c3c4ccccc4c2C=C2N=C(C=c4c5ccccc5c(n41)=CC1=NC(=C3)c3ccccc31)c1ccccc12. The van der Waals surface area contributed by atoms with Crippen LogP contribution in [0.1, 0.15) is 59.3 Å². The molecule has 0 spiro atoms. The van der Waals surface area contributed by atoms with Crippen LogP contribution < -0.4 is 21.3 Å². The van der Waals surface area contributed by atoms with Gasteiger partial charge in [0, 0.05) is 79.1 Å². The number of aliphatic imine (C=N–C) groups is 2. The van der Waals surface area contributed by atoms with Crippen LogP contribution >= 0.6 is 0 Å². The first-order valence-corrected chi connectivity index (χ1v) is 24.4. The van der Waals surface area contributed by atoms with Crippen molar-refractivity contribution in [2.24, 2.45) is 9.98 Å². The van der Waals surface area contributed by atoms with Crippen LogP contribution in [-0.2, 0) is 8.85 Å². The van der Waals surface area contributed by atoms with Crippen molar-refractivity contribution in [1.82, 2.24) is 28.9 Å². The molecule has 0 amide bonds. The smallest absolute Gasteiger partial charge is 0.361 e. The van der Waals surface area contributed by atoms with E-state index in [1.54, 1.807) is 0 Å². The van der Waals surface area contributed by atoms with Gasteiger partial charge in [0.1, 0.15) is 0 Å². The normalized spacial score (nSPS) is 15.5. The molecule has 10 nitrogen and oxygen atoms in total. The lowest BCUT2D eigenvalue weighted by molar-refractivity contribution is 0.134. The maximum absolute atomic E-state index is 7.87. The Labute approximate surface area is 371 Å². The van der Waals surface area contributed by atoms with Crippen molar-refractivity contribution >= 4 is 77.6 Å². The predicted molar refractivity (Wildman–Crippen MR) is 264 cm³/mol. The van der Waals surface area contributed by atoms with E-state index < -0.39 is 8.88 Å². The van der Waals surface area contributed by atoms with E-state index in [9.17, 15) is 0 Å². The van der Waals surface area contributed by atoms with Crippen LogP contribution in [0.25, 0.3) is 57.2 Å². The number of hydrogen-bond donors (Lipinski definition) is 2. The molecule has 0 unspecified atom stereocenters. The zero-order chi connectivity index (χ0) is 42.9. The maximum atomic E-state index is 7.87.